The molecule has 5 heteroatoms. The quantitative estimate of drug-likeness (QED) is 0.0373. The smallest absolute Gasteiger partial charge is 0.306 e. The summed E-state index contributed by atoms with van der Waals surface area (Å²) in [7, 11) is 0. The summed E-state index contributed by atoms with van der Waals surface area (Å²) < 4.78 is 10.7. The molecular weight excluding hydrogens is 909 g/mol. The van der Waals surface area contributed by atoms with Gasteiger partial charge in [-0.25, -0.2) is 0 Å². The lowest BCUT2D eigenvalue weighted by molar-refractivity contribution is -0.161. The van der Waals surface area contributed by atoms with Gasteiger partial charge in [0.1, 0.15) is 6.61 Å². The molecule has 0 saturated carbocycles. The molecular formula is C69H124O5. The van der Waals surface area contributed by atoms with E-state index in [0.29, 0.717) is 12.8 Å². The number of carbonyl (C=O) groups excluding carboxylic acids is 2. The monoisotopic (exact) mass is 1030 g/mol. The normalized spacial score (nSPS) is 12.6. The second kappa shape index (κ2) is 64.6. The highest BCUT2D eigenvalue weighted by Crippen LogP contribution is 2.17. The summed E-state index contributed by atoms with van der Waals surface area (Å²) in [4.78, 5) is 24.6. The van der Waals surface area contributed by atoms with Crippen LogP contribution in [0.2, 0.25) is 0 Å². The number of rotatable bonds is 60. The zero-order chi connectivity index (χ0) is 53.4. The molecule has 0 rings (SSSR count). The molecule has 430 valence electrons. The maximum atomic E-state index is 12.3. The van der Waals surface area contributed by atoms with Gasteiger partial charge in [0.15, 0.2) is 6.10 Å². The largest absolute Gasteiger partial charge is 0.462 e. The summed E-state index contributed by atoms with van der Waals surface area (Å²) in [5.74, 6) is -0.593. The maximum absolute atomic E-state index is 12.3. The Morgan fingerprint density at radius 3 is 0.811 bits per heavy atom. The highest BCUT2D eigenvalue weighted by Gasteiger charge is 2.16. The van der Waals surface area contributed by atoms with Crippen LogP contribution in [0.4, 0.5) is 0 Å². The van der Waals surface area contributed by atoms with Crippen molar-refractivity contribution in [3.63, 3.8) is 0 Å². The molecule has 0 amide bonds. The molecule has 74 heavy (non-hydrogen) atoms. The molecule has 0 aromatic carbocycles. The zero-order valence-corrected chi connectivity index (χ0v) is 49.4. The minimum atomic E-state index is -0.780. The van der Waals surface area contributed by atoms with Gasteiger partial charge in [0.05, 0.1) is 6.61 Å². The maximum Gasteiger partial charge on any atom is 0.306 e. The van der Waals surface area contributed by atoms with Crippen LogP contribution in [0.5, 0.6) is 0 Å². The lowest BCUT2D eigenvalue weighted by Gasteiger charge is -2.15. The highest BCUT2D eigenvalue weighted by atomic mass is 16.6. The molecule has 1 N–H and O–H groups in total. The van der Waals surface area contributed by atoms with Crippen molar-refractivity contribution in [3.05, 3.63) is 72.9 Å². The number of aliphatic hydroxyl groups is 1. The van der Waals surface area contributed by atoms with E-state index in [1.54, 1.807) is 0 Å². The van der Waals surface area contributed by atoms with E-state index in [9.17, 15) is 14.7 Å². The molecule has 0 saturated heterocycles. The van der Waals surface area contributed by atoms with Gasteiger partial charge in [-0.3, -0.25) is 9.59 Å². The van der Waals surface area contributed by atoms with E-state index in [1.807, 2.05) is 0 Å². The number of ether oxygens (including phenoxy) is 2. The van der Waals surface area contributed by atoms with Crippen LogP contribution < -0.4 is 0 Å². The van der Waals surface area contributed by atoms with Crippen LogP contribution in [0.3, 0.4) is 0 Å². The average Bonchev–Trinajstić information content (AvgIpc) is 3.40. The van der Waals surface area contributed by atoms with Gasteiger partial charge in [0.2, 0.25) is 0 Å². The van der Waals surface area contributed by atoms with Crippen molar-refractivity contribution in [2.24, 2.45) is 0 Å². The first-order chi connectivity index (χ1) is 36.6. The Kier molecular flexibility index (Phi) is 62.3. The molecule has 0 aliphatic heterocycles. The van der Waals surface area contributed by atoms with E-state index in [0.717, 1.165) is 70.6 Å². The number of allylic oxidation sites excluding steroid dienone is 12. The van der Waals surface area contributed by atoms with Crippen LogP contribution >= 0.6 is 0 Å². The standard InChI is InChI=1S/C69H124O5/c1-3-5-7-9-11-13-15-17-19-21-23-25-26-27-28-29-30-31-32-33-34-35-36-37-38-39-40-41-42-44-46-48-50-52-54-56-58-60-62-64-69(72)74-67(65-70)66-73-68(71)63-61-59-57-55-53-51-49-47-45-43-24-22-20-18-16-14-12-10-8-6-4-2/h15-18,21-24,26-27,45,47,67,70H,3-14,19-20,25,28-44,46,48-66H2,1-2H3/b17-15-,18-16-,23-21-,24-22-,27-26-,47-45-. The Morgan fingerprint density at radius 2 is 0.541 bits per heavy atom. The Balaban J connectivity index is 3.43. The summed E-state index contributed by atoms with van der Waals surface area (Å²) in [6.07, 6.45) is 89.2. The molecule has 5 nitrogen and oxygen atoms in total. The van der Waals surface area contributed by atoms with Crippen LogP contribution in [0, 0.1) is 0 Å². The highest BCUT2D eigenvalue weighted by molar-refractivity contribution is 5.70. The van der Waals surface area contributed by atoms with Gasteiger partial charge in [0.25, 0.3) is 0 Å². The summed E-state index contributed by atoms with van der Waals surface area (Å²) in [6, 6.07) is 0. The van der Waals surface area contributed by atoms with E-state index < -0.39 is 6.10 Å². The third-order valence-electron chi connectivity index (χ3n) is 14.5. The molecule has 0 spiro atoms. The van der Waals surface area contributed by atoms with E-state index in [2.05, 4.69) is 86.8 Å². The second-order valence-electron chi connectivity index (χ2n) is 21.8. The average molecular weight is 1030 g/mol. The predicted molar refractivity (Wildman–Crippen MR) is 325 cm³/mol. The molecule has 1 unspecified atom stereocenters. The SMILES string of the molecule is CCCCCCC/C=C\C/C=C\C/C=C\CCCCCCCCCCCCCCCCCCCCCCCCCCC(=O)OC(CO)COC(=O)CCCCCCCC/C=C\C/C=C\C/C=C\CCCCCCC. The summed E-state index contributed by atoms with van der Waals surface area (Å²) in [6.45, 7) is 4.14. The number of carbonyl (C=O) groups is 2. The molecule has 0 aliphatic carbocycles. The van der Waals surface area contributed by atoms with E-state index >= 15 is 0 Å². The molecule has 0 heterocycles. The van der Waals surface area contributed by atoms with Crippen molar-refractivity contribution in [1.29, 1.82) is 0 Å². The van der Waals surface area contributed by atoms with Crippen molar-refractivity contribution < 1.29 is 24.2 Å². The first kappa shape index (κ1) is 71.3. The molecule has 1 atom stereocenters. The molecule has 0 aromatic rings. The lowest BCUT2D eigenvalue weighted by atomic mass is 10.0. The zero-order valence-electron chi connectivity index (χ0n) is 49.4. The lowest BCUT2D eigenvalue weighted by Crippen LogP contribution is -2.28. The minimum absolute atomic E-state index is 0.0716. The molecule has 0 radical (unpaired) electrons. The van der Waals surface area contributed by atoms with Gasteiger partial charge in [0, 0.05) is 12.8 Å². The van der Waals surface area contributed by atoms with E-state index in [-0.39, 0.29) is 25.2 Å². The van der Waals surface area contributed by atoms with Crippen LogP contribution in [0.1, 0.15) is 335 Å². The molecule has 0 bridgehead atoms. The Labute approximate surface area is 461 Å². The Morgan fingerprint density at radius 1 is 0.311 bits per heavy atom. The number of aliphatic hydroxyl groups excluding tert-OH is 1. The van der Waals surface area contributed by atoms with Crippen molar-refractivity contribution in [2.45, 2.75) is 341 Å². The van der Waals surface area contributed by atoms with Crippen molar-refractivity contribution in [1.82, 2.24) is 0 Å². The van der Waals surface area contributed by atoms with Gasteiger partial charge in [-0.2, -0.15) is 0 Å². The van der Waals surface area contributed by atoms with E-state index in [1.165, 1.54) is 238 Å². The number of unbranched alkanes of at least 4 members (excludes halogenated alkanes) is 40. The van der Waals surface area contributed by atoms with Crippen molar-refractivity contribution in [2.75, 3.05) is 13.2 Å². The van der Waals surface area contributed by atoms with Crippen LogP contribution in [0.25, 0.3) is 0 Å². The summed E-state index contributed by atoms with van der Waals surface area (Å²) in [5.41, 5.74) is 0. The number of hydrogen-bond acceptors (Lipinski definition) is 5. The molecule has 0 fully saturated rings. The Bertz CT molecular complexity index is 1310. The number of esters is 2. The molecule has 0 aromatic heterocycles. The minimum Gasteiger partial charge on any atom is -0.462 e. The third kappa shape index (κ3) is 61.9. The second-order valence-corrected chi connectivity index (χ2v) is 21.8. The van der Waals surface area contributed by atoms with Crippen LogP contribution in [-0.2, 0) is 19.1 Å². The summed E-state index contributed by atoms with van der Waals surface area (Å²) >= 11 is 0. The van der Waals surface area contributed by atoms with Gasteiger partial charge in [-0.15, -0.1) is 0 Å². The van der Waals surface area contributed by atoms with Gasteiger partial charge in [-0.1, -0.05) is 305 Å². The summed E-state index contributed by atoms with van der Waals surface area (Å²) in [5, 5.41) is 9.67. The molecule has 0 aliphatic rings. The van der Waals surface area contributed by atoms with E-state index in [4.69, 9.17) is 9.47 Å². The van der Waals surface area contributed by atoms with Gasteiger partial charge >= 0.3 is 11.9 Å². The first-order valence-corrected chi connectivity index (χ1v) is 32.5. The first-order valence-electron chi connectivity index (χ1n) is 32.5. The topological polar surface area (TPSA) is 72.8 Å². The van der Waals surface area contributed by atoms with Crippen molar-refractivity contribution in [3.8, 4) is 0 Å². The Hall–Kier alpha value is -2.66. The predicted octanol–water partition coefficient (Wildman–Crippen LogP) is 22.3. The number of hydrogen-bond donors (Lipinski definition) is 1. The van der Waals surface area contributed by atoms with Crippen LogP contribution in [-0.4, -0.2) is 36.4 Å². The van der Waals surface area contributed by atoms with Crippen molar-refractivity contribution >= 4 is 11.9 Å². The van der Waals surface area contributed by atoms with Crippen LogP contribution in [0.15, 0.2) is 72.9 Å². The van der Waals surface area contributed by atoms with Gasteiger partial charge < -0.3 is 14.6 Å². The fourth-order valence-corrected chi connectivity index (χ4v) is 9.57. The fourth-order valence-electron chi connectivity index (χ4n) is 9.57. The third-order valence-corrected chi connectivity index (χ3v) is 14.5. The fraction of sp³-hybridized carbons (Fsp3) is 0.797. The van der Waals surface area contributed by atoms with Gasteiger partial charge in [-0.05, 0) is 89.9 Å².